The molecule has 0 saturated carbocycles. The molecule has 0 atom stereocenters. The van der Waals surface area contributed by atoms with Gasteiger partial charge >= 0.3 is 0 Å². The Balaban J connectivity index is 1.77. The van der Waals surface area contributed by atoms with E-state index in [-0.39, 0.29) is 24.2 Å². The van der Waals surface area contributed by atoms with Gasteiger partial charge < -0.3 is 4.57 Å². The number of imidazole rings is 1. The molecule has 0 fully saturated rings. The van der Waals surface area contributed by atoms with Crippen LogP contribution in [-0.4, -0.2) is 32.8 Å². The van der Waals surface area contributed by atoms with E-state index in [1.165, 1.54) is 9.47 Å². The van der Waals surface area contributed by atoms with Gasteiger partial charge in [0.15, 0.2) is 0 Å². The van der Waals surface area contributed by atoms with Crippen LogP contribution in [-0.2, 0) is 6.42 Å². The molecule has 0 aliphatic carbocycles. The monoisotopic (exact) mass is 265 g/mol. The lowest BCUT2D eigenvalue weighted by Gasteiger charge is -2.12. The second kappa shape index (κ2) is 4.59. The molecular formula is C15H11N3O2. The zero-order chi connectivity index (χ0) is 14.3. The molecular weight excluding hydrogens is 254 g/mol. The first-order valence-electron chi connectivity index (χ1n) is 6.12. The molecule has 1 aromatic carbocycles. The molecule has 5 heteroatoms. The van der Waals surface area contributed by atoms with Gasteiger partial charge in [0.1, 0.15) is 5.82 Å². The summed E-state index contributed by atoms with van der Waals surface area (Å²) >= 11 is 0. The number of aromatic nitrogens is 2. The van der Waals surface area contributed by atoms with Crippen molar-refractivity contribution in [2.45, 2.75) is 6.42 Å². The van der Waals surface area contributed by atoms with Crippen LogP contribution in [0.5, 0.6) is 0 Å². The van der Waals surface area contributed by atoms with Crippen molar-refractivity contribution >= 4 is 11.8 Å². The Morgan fingerprint density at radius 1 is 1.10 bits per heavy atom. The van der Waals surface area contributed by atoms with Crippen LogP contribution in [0.4, 0.5) is 0 Å². The number of hydrogen-bond acceptors (Lipinski definition) is 3. The third kappa shape index (κ3) is 1.91. The number of carbonyl (C=O) groups is 2. The lowest BCUT2D eigenvalue weighted by atomic mass is 10.1. The molecule has 2 aromatic rings. The summed E-state index contributed by atoms with van der Waals surface area (Å²) in [6.07, 6.45) is 1.99. The highest BCUT2D eigenvalue weighted by Gasteiger charge is 2.34. The Morgan fingerprint density at radius 2 is 1.70 bits per heavy atom. The van der Waals surface area contributed by atoms with Gasteiger partial charge in [0.25, 0.3) is 11.8 Å². The fourth-order valence-corrected chi connectivity index (χ4v) is 2.25. The van der Waals surface area contributed by atoms with Gasteiger partial charge in [-0.05, 0) is 12.1 Å². The Labute approximate surface area is 116 Å². The quantitative estimate of drug-likeness (QED) is 0.786. The highest BCUT2D eigenvalue weighted by molar-refractivity contribution is 6.21. The first-order valence-corrected chi connectivity index (χ1v) is 6.12. The van der Waals surface area contributed by atoms with Crippen molar-refractivity contribution in [1.82, 2.24) is 14.5 Å². The Hall–Kier alpha value is -2.43. The van der Waals surface area contributed by atoms with Gasteiger partial charge in [0.05, 0.1) is 23.9 Å². The van der Waals surface area contributed by atoms with E-state index in [0.717, 1.165) is 0 Å². The summed E-state index contributed by atoms with van der Waals surface area (Å²) in [5, 5.41) is 0. The molecule has 2 amide bonds. The van der Waals surface area contributed by atoms with Crippen LogP contribution in [0.15, 0.2) is 30.5 Å². The Kier molecular flexibility index (Phi) is 2.89. The number of carbonyl (C=O) groups excluding carboxylic acids is 2. The minimum Gasteiger partial charge on any atom is -0.327 e. The number of nitrogens with zero attached hydrogens (tertiary/aromatic N) is 3. The summed E-state index contributed by atoms with van der Waals surface area (Å²) in [6.45, 7) is 5.78. The highest BCUT2D eigenvalue weighted by Crippen LogP contribution is 2.22. The van der Waals surface area contributed by atoms with E-state index in [0.29, 0.717) is 23.2 Å². The van der Waals surface area contributed by atoms with Crippen molar-refractivity contribution in [2.24, 2.45) is 0 Å². The topological polar surface area (TPSA) is 55.2 Å². The molecule has 5 nitrogen and oxygen atoms in total. The highest BCUT2D eigenvalue weighted by atomic mass is 16.2. The van der Waals surface area contributed by atoms with Crippen LogP contribution in [0.3, 0.4) is 0 Å². The molecule has 98 valence electrons. The van der Waals surface area contributed by atoms with Gasteiger partial charge in [-0.1, -0.05) is 12.1 Å². The lowest BCUT2D eigenvalue weighted by Crippen LogP contribution is -2.31. The molecule has 2 heterocycles. The minimum atomic E-state index is -0.272. The maximum atomic E-state index is 12.1. The molecule has 0 bridgehead atoms. The molecule has 0 saturated heterocycles. The molecule has 0 N–H and O–H groups in total. The van der Waals surface area contributed by atoms with E-state index in [4.69, 9.17) is 14.0 Å². The van der Waals surface area contributed by atoms with Crippen LogP contribution in [0.2, 0.25) is 0 Å². The predicted octanol–water partition coefficient (Wildman–Crippen LogP) is 1.30. The van der Waals surface area contributed by atoms with Crippen LogP contribution in [0.1, 0.15) is 32.2 Å². The van der Waals surface area contributed by atoms with Crippen molar-refractivity contribution in [3.63, 3.8) is 0 Å². The first kappa shape index (κ1) is 12.6. The van der Waals surface area contributed by atoms with E-state index < -0.39 is 0 Å². The molecule has 3 rings (SSSR count). The van der Waals surface area contributed by atoms with Gasteiger partial charge in [-0.25, -0.2) is 4.98 Å². The molecule has 0 spiro atoms. The summed E-state index contributed by atoms with van der Waals surface area (Å²) in [5.41, 5.74) is 1.53. The van der Waals surface area contributed by atoms with Crippen LogP contribution < -0.4 is 0 Å². The van der Waals surface area contributed by atoms with Crippen molar-refractivity contribution < 1.29 is 9.59 Å². The Morgan fingerprint density at radius 3 is 2.20 bits per heavy atom. The average molecular weight is 265 g/mol. The number of hydrogen-bond donors (Lipinski definition) is 0. The van der Waals surface area contributed by atoms with Crippen molar-refractivity contribution in [3.8, 4) is 0 Å². The second-order valence-corrected chi connectivity index (χ2v) is 4.56. The minimum absolute atomic E-state index is 0.197. The van der Waals surface area contributed by atoms with Crippen molar-refractivity contribution in [2.75, 3.05) is 6.54 Å². The summed E-state index contributed by atoms with van der Waals surface area (Å²) in [7, 11) is 5.53. The van der Waals surface area contributed by atoms with Gasteiger partial charge in [-0.3, -0.25) is 14.5 Å². The van der Waals surface area contributed by atoms with Crippen LogP contribution in [0, 0.1) is 14.0 Å². The summed E-state index contributed by atoms with van der Waals surface area (Å²) in [4.78, 5) is 29.5. The van der Waals surface area contributed by atoms with E-state index in [1.807, 2.05) is 0 Å². The molecule has 1 aliphatic heterocycles. The fourth-order valence-electron chi connectivity index (χ4n) is 2.25. The normalized spacial score (nSPS) is 14.0. The Bertz CT molecular complexity index is 648. The van der Waals surface area contributed by atoms with Crippen LogP contribution in [0.25, 0.3) is 0 Å². The van der Waals surface area contributed by atoms with Gasteiger partial charge in [-0.15, -0.1) is 0 Å². The summed E-state index contributed by atoms with van der Waals surface area (Å²) in [5.74, 6) is -0.348. The van der Waals surface area contributed by atoms with E-state index >= 15 is 0 Å². The first-order chi connectivity index (χ1) is 9.58. The number of imide groups is 1. The van der Waals surface area contributed by atoms with Gasteiger partial charge in [0.2, 0.25) is 0 Å². The SMILES string of the molecule is [CH]c1nc(CCN2C(=O)c3ccccc3C2=O)cn1[CH]. The molecule has 1 aliphatic rings. The van der Waals surface area contributed by atoms with Crippen molar-refractivity contribution in [1.29, 1.82) is 0 Å². The predicted molar refractivity (Wildman–Crippen MR) is 70.8 cm³/mol. The smallest absolute Gasteiger partial charge is 0.261 e. The molecule has 0 unspecified atom stereocenters. The molecule has 4 radical (unpaired) electrons. The third-order valence-electron chi connectivity index (χ3n) is 3.28. The van der Waals surface area contributed by atoms with Gasteiger partial charge in [-0.2, -0.15) is 0 Å². The van der Waals surface area contributed by atoms with E-state index in [2.05, 4.69) is 4.98 Å². The van der Waals surface area contributed by atoms with E-state index in [1.54, 1.807) is 30.5 Å². The lowest BCUT2D eigenvalue weighted by molar-refractivity contribution is 0.0656. The zero-order valence-electron chi connectivity index (χ0n) is 10.6. The average Bonchev–Trinajstić information content (AvgIpc) is 2.88. The maximum absolute atomic E-state index is 12.1. The molecule has 20 heavy (non-hydrogen) atoms. The third-order valence-corrected chi connectivity index (χ3v) is 3.28. The van der Waals surface area contributed by atoms with E-state index in [9.17, 15) is 9.59 Å². The number of rotatable bonds is 3. The number of amides is 2. The standard InChI is InChI=1S/C15H11N3O2/c1-10-16-11(9-17(10)2)7-8-18-14(19)12-5-3-4-6-13(12)15(18)20/h1-6,9H,7-8H2. The van der Waals surface area contributed by atoms with Gasteiger partial charge in [0, 0.05) is 26.1 Å². The van der Waals surface area contributed by atoms with Crippen LogP contribution >= 0.6 is 0 Å². The fraction of sp³-hybridized carbons (Fsp3) is 0.133. The second-order valence-electron chi connectivity index (χ2n) is 4.56. The number of benzene rings is 1. The zero-order valence-corrected chi connectivity index (χ0v) is 10.6. The molecule has 1 aromatic heterocycles. The largest absolute Gasteiger partial charge is 0.327 e. The summed E-state index contributed by atoms with van der Waals surface area (Å²) < 4.78 is 1.21. The van der Waals surface area contributed by atoms with Crippen molar-refractivity contribution in [3.05, 3.63) is 67.1 Å². The number of fused-ring (bicyclic) bond motifs is 1. The summed E-state index contributed by atoms with van der Waals surface area (Å²) in [6, 6.07) is 6.79. The maximum Gasteiger partial charge on any atom is 0.261 e.